The number of guanidine groups is 1. The Kier molecular flexibility index (Phi) is 7.45. The molecule has 1 aromatic carbocycles. The molecule has 0 aliphatic rings. The quantitative estimate of drug-likeness (QED) is 0.304. The summed E-state index contributed by atoms with van der Waals surface area (Å²) in [5.41, 5.74) is 1.21. The van der Waals surface area contributed by atoms with Crippen molar-refractivity contribution >= 4 is 29.9 Å². The Hall–Kier alpha value is -2.36. The highest BCUT2D eigenvalue weighted by Crippen LogP contribution is 2.14. The number of halogens is 1. The van der Waals surface area contributed by atoms with Crippen molar-refractivity contribution in [2.75, 3.05) is 13.6 Å². The number of benzene rings is 1. The van der Waals surface area contributed by atoms with Gasteiger partial charge in [0.15, 0.2) is 11.7 Å². The Morgan fingerprint density at radius 3 is 2.72 bits per heavy atom. The third-order valence-corrected chi connectivity index (χ3v) is 3.45. The second-order valence-corrected chi connectivity index (χ2v) is 5.17. The summed E-state index contributed by atoms with van der Waals surface area (Å²) in [6.45, 7) is 1.42. The van der Waals surface area contributed by atoms with Crippen LogP contribution in [0.25, 0.3) is 11.6 Å². The molecular weight excluding hydrogens is 431 g/mol. The number of furan rings is 1. The summed E-state index contributed by atoms with van der Waals surface area (Å²) in [5.74, 6) is 2.78. The minimum absolute atomic E-state index is 0. The summed E-state index contributed by atoms with van der Waals surface area (Å²) < 4.78 is 5.28. The van der Waals surface area contributed by atoms with Gasteiger partial charge in [0.25, 0.3) is 0 Å². The van der Waals surface area contributed by atoms with Gasteiger partial charge >= 0.3 is 0 Å². The van der Waals surface area contributed by atoms with E-state index < -0.39 is 0 Å². The Labute approximate surface area is 163 Å². The number of nitrogens with zero attached hydrogens (tertiary/aromatic N) is 3. The Bertz CT molecular complexity index is 770. The highest BCUT2D eigenvalue weighted by Gasteiger charge is 2.08. The van der Waals surface area contributed by atoms with Crippen molar-refractivity contribution in [3.8, 4) is 11.6 Å². The second-order valence-electron chi connectivity index (χ2n) is 5.17. The minimum Gasteiger partial charge on any atom is -0.461 e. The summed E-state index contributed by atoms with van der Waals surface area (Å²) in [4.78, 5) is 8.62. The van der Waals surface area contributed by atoms with Crippen molar-refractivity contribution in [2.24, 2.45) is 4.99 Å². The molecule has 0 saturated carbocycles. The molecule has 2 heterocycles. The van der Waals surface area contributed by atoms with Gasteiger partial charge in [0.2, 0.25) is 5.82 Å². The zero-order chi connectivity index (χ0) is 16.6. The third kappa shape index (κ3) is 5.59. The molecule has 0 fully saturated rings. The molecule has 0 saturated heterocycles. The monoisotopic (exact) mass is 452 g/mol. The Morgan fingerprint density at radius 1 is 1.16 bits per heavy atom. The van der Waals surface area contributed by atoms with Crippen LogP contribution in [0.4, 0.5) is 0 Å². The number of aliphatic imine (C=N–C) groups is 1. The molecule has 0 aliphatic heterocycles. The number of aromatic nitrogens is 3. The molecule has 8 heteroatoms. The third-order valence-electron chi connectivity index (χ3n) is 3.45. The van der Waals surface area contributed by atoms with Crippen LogP contribution in [-0.2, 0) is 13.0 Å². The average molecular weight is 452 g/mol. The number of nitrogens with one attached hydrogen (secondary N) is 3. The lowest BCUT2D eigenvalue weighted by Crippen LogP contribution is -2.37. The molecule has 7 nitrogen and oxygen atoms in total. The van der Waals surface area contributed by atoms with Crippen molar-refractivity contribution in [1.29, 1.82) is 0 Å². The fourth-order valence-corrected chi connectivity index (χ4v) is 2.22. The molecule has 25 heavy (non-hydrogen) atoms. The fraction of sp³-hybridized carbons (Fsp3) is 0.235. The van der Waals surface area contributed by atoms with Crippen molar-refractivity contribution in [1.82, 2.24) is 25.8 Å². The molecule has 2 aromatic heterocycles. The zero-order valence-corrected chi connectivity index (χ0v) is 16.2. The van der Waals surface area contributed by atoms with E-state index >= 15 is 0 Å². The minimum atomic E-state index is 0. The average Bonchev–Trinajstić information content (AvgIpc) is 3.30. The smallest absolute Gasteiger partial charge is 0.216 e. The normalized spacial score (nSPS) is 11.0. The zero-order valence-electron chi connectivity index (χ0n) is 13.9. The van der Waals surface area contributed by atoms with E-state index in [0.29, 0.717) is 24.6 Å². The van der Waals surface area contributed by atoms with Crippen LogP contribution >= 0.6 is 24.0 Å². The number of hydrogen-bond acceptors (Lipinski definition) is 4. The highest BCUT2D eigenvalue weighted by atomic mass is 127. The first-order valence-corrected chi connectivity index (χ1v) is 7.79. The number of aromatic amines is 1. The first-order valence-electron chi connectivity index (χ1n) is 7.79. The van der Waals surface area contributed by atoms with Gasteiger partial charge in [-0.2, -0.15) is 5.10 Å². The van der Waals surface area contributed by atoms with Gasteiger partial charge in [-0.1, -0.05) is 30.3 Å². The van der Waals surface area contributed by atoms with Crippen molar-refractivity contribution in [2.45, 2.75) is 13.0 Å². The van der Waals surface area contributed by atoms with Crippen LogP contribution in [0.5, 0.6) is 0 Å². The maximum absolute atomic E-state index is 5.28. The SMILES string of the molecule is CN=C(NCCc1nc(-c2ccco2)n[nH]1)NCc1ccccc1.I. The van der Waals surface area contributed by atoms with E-state index in [1.807, 2.05) is 30.3 Å². The molecule has 0 radical (unpaired) electrons. The predicted octanol–water partition coefficient (Wildman–Crippen LogP) is 2.59. The van der Waals surface area contributed by atoms with Crippen molar-refractivity contribution in [3.63, 3.8) is 0 Å². The molecule has 132 valence electrons. The van der Waals surface area contributed by atoms with Crippen LogP contribution in [-0.4, -0.2) is 34.7 Å². The van der Waals surface area contributed by atoms with Gasteiger partial charge in [0.1, 0.15) is 5.82 Å². The topological polar surface area (TPSA) is 91.1 Å². The van der Waals surface area contributed by atoms with Crippen LogP contribution in [0, 0.1) is 0 Å². The fourth-order valence-electron chi connectivity index (χ4n) is 2.22. The van der Waals surface area contributed by atoms with Crippen LogP contribution in [0.15, 0.2) is 58.1 Å². The first kappa shape index (κ1) is 19.0. The Balaban J connectivity index is 0.00000225. The van der Waals surface area contributed by atoms with Gasteiger partial charge in [-0.25, -0.2) is 4.98 Å². The number of H-pyrrole nitrogens is 1. The van der Waals surface area contributed by atoms with E-state index in [1.165, 1.54) is 5.56 Å². The van der Waals surface area contributed by atoms with E-state index in [4.69, 9.17) is 4.42 Å². The highest BCUT2D eigenvalue weighted by molar-refractivity contribution is 14.0. The summed E-state index contributed by atoms with van der Waals surface area (Å²) >= 11 is 0. The van der Waals surface area contributed by atoms with Gasteiger partial charge in [0.05, 0.1) is 6.26 Å². The van der Waals surface area contributed by atoms with Crippen molar-refractivity contribution in [3.05, 3.63) is 60.1 Å². The van der Waals surface area contributed by atoms with E-state index in [9.17, 15) is 0 Å². The number of rotatable bonds is 6. The maximum Gasteiger partial charge on any atom is 0.216 e. The molecule has 3 rings (SSSR count). The molecule has 3 aromatic rings. The van der Waals surface area contributed by atoms with Gasteiger partial charge in [-0.15, -0.1) is 24.0 Å². The molecular formula is C17H21IN6O. The van der Waals surface area contributed by atoms with E-state index in [1.54, 1.807) is 13.3 Å². The lowest BCUT2D eigenvalue weighted by molar-refractivity contribution is 0.577. The Morgan fingerprint density at radius 2 is 2.00 bits per heavy atom. The first-order chi connectivity index (χ1) is 11.8. The maximum atomic E-state index is 5.28. The summed E-state index contributed by atoms with van der Waals surface area (Å²) in [6.07, 6.45) is 2.31. The second kappa shape index (κ2) is 9.82. The lowest BCUT2D eigenvalue weighted by Gasteiger charge is -2.11. The molecule has 0 atom stereocenters. The lowest BCUT2D eigenvalue weighted by atomic mass is 10.2. The van der Waals surface area contributed by atoms with Crippen LogP contribution in [0.3, 0.4) is 0 Å². The van der Waals surface area contributed by atoms with Gasteiger partial charge in [-0.3, -0.25) is 10.1 Å². The molecule has 0 unspecified atom stereocenters. The molecule has 0 amide bonds. The van der Waals surface area contributed by atoms with Gasteiger partial charge in [-0.05, 0) is 17.7 Å². The van der Waals surface area contributed by atoms with E-state index in [0.717, 1.165) is 18.3 Å². The van der Waals surface area contributed by atoms with Crippen LogP contribution in [0.2, 0.25) is 0 Å². The molecule has 0 bridgehead atoms. The molecule has 3 N–H and O–H groups in total. The van der Waals surface area contributed by atoms with E-state index in [2.05, 4.69) is 42.9 Å². The van der Waals surface area contributed by atoms with Crippen LogP contribution < -0.4 is 10.6 Å². The summed E-state index contributed by atoms with van der Waals surface area (Å²) in [6, 6.07) is 13.8. The molecule has 0 spiro atoms. The van der Waals surface area contributed by atoms with Crippen LogP contribution in [0.1, 0.15) is 11.4 Å². The number of hydrogen-bond donors (Lipinski definition) is 3. The standard InChI is InChI=1S/C17H20N6O.HI/c1-18-17(20-12-13-6-3-2-4-7-13)19-10-9-15-21-16(23-22-15)14-8-5-11-24-14;/h2-8,11H,9-10,12H2,1H3,(H2,18,19,20)(H,21,22,23);1H. The van der Waals surface area contributed by atoms with E-state index in [-0.39, 0.29) is 24.0 Å². The van der Waals surface area contributed by atoms with Crippen molar-refractivity contribution < 1.29 is 4.42 Å². The largest absolute Gasteiger partial charge is 0.461 e. The predicted molar refractivity (Wildman–Crippen MR) is 108 cm³/mol. The van der Waals surface area contributed by atoms with Gasteiger partial charge in [0, 0.05) is 26.6 Å². The summed E-state index contributed by atoms with van der Waals surface area (Å²) in [7, 11) is 1.75. The summed E-state index contributed by atoms with van der Waals surface area (Å²) in [5, 5.41) is 13.6. The molecule has 0 aliphatic carbocycles. The van der Waals surface area contributed by atoms with Gasteiger partial charge < -0.3 is 15.1 Å².